The van der Waals surface area contributed by atoms with Crippen molar-refractivity contribution in [3.8, 4) is 0 Å². The summed E-state index contributed by atoms with van der Waals surface area (Å²) in [6.07, 6.45) is 2.30. The van der Waals surface area contributed by atoms with Crippen LogP contribution in [-0.4, -0.2) is 61.5 Å². The maximum Gasteiger partial charge on any atom is 0.236 e. The lowest BCUT2D eigenvalue weighted by atomic mass is 10.1. The van der Waals surface area contributed by atoms with Gasteiger partial charge in [-0.2, -0.15) is 0 Å². The van der Waals surface area contributed by atoms with E-state index in [0.717, 1.165) is 39.0 Å². The molecule has 0 spiro atoms. The molecule has 5 heteroatoms. The molecule has 0 bridgehead atoms. The van der Waals surface area contributed by atoms with E-state index in [9.17, 15) is 4.79 Å². The first-order valence-electron chi connectivity index (χ1n) is 8.08. The Hall–Kier alpha value is -0.320. The van der Waals surface area contributed by atoms with E-state index in [1.54, 1.807) is 0 Å². The molecule has 1 saturated heterocycles. The van der Waals surface area contributed by atoms with Crippen LogP contribution in [0.4, 0.5) is 0 Å². The molecule has 0 aromatic carbocycles. The van der Waals surface area contributed by atoms with Gasteiger partial charge in [0.25, 0.3) is 0 Å². The fraction of sp³-hybridized carbons (Fsp3) is 0.938. The highest BCUT2D eigenvalue weighted by molar-refractivity contribution is 5.85. The number of hydrogen-bond donors (Lipinski definition) is 1. The standard InChI is InChI=1S/C16H33N3O.ClH/c1-13(2)10-19(11-14(3)4)16(20)12-18(5)15-6-8-17-9-7-15;/h13-15,17H,6-12H2,1-5H3;1H. The van der Waals surface area contributed by atoms with Gasteiger partial charge in [0.2, 0.25) is 5.91 Å². The number of piperidine rings is 1. The third-order valence-electron chi connectivity index (χ3n) is 3.84. The molecule has 0 aromatic rings. The van der Waals surface area contributed by atoms with Gasteiger partial charge in [0.1, 0.15) is 0 Å². The van der Waals surface area contributed by atoms with Crippen molar-refractivity contribution < 1.29 is 4.79 Å². The van der Waals surface area contributed by atoms with E-state index in [1.807, 2.05) is 4.90 Å². The van der Waals surface area contributed by atoms with Crippen LogP contribution in [0.15, 0.2) is 0 Å². The molecular formula is C16H34ClN3O. The van der Waals surface area contributed by atoms with Gasteiger partial charge in [-0.1, -0.05) is 27.7 Å². The van der Waals surface area contributed by atoms with Crippen LogP contribution < -0.4 is 5.32 Å². The molecule has 0 aliphatic carbocycles. The summed E-state index contributed by atoms with van der Waals surface area (Å²) in [4.78, 5) is 16.8. The highest BCUT2D eigenvalue weighted by Gasteiger charge is 2.23. The van der Waals surface area contributed by atoms with E-state index in [0.29, 0.717) is 24.4 Å². The van der Waals surface area contributed by atoms with Gasteiger partial charge in [0.15, 0.2) is 0 Å². The van der Waals surface area contributed by atoms with Crippen LogP contribution in [-0.2, 0) is 4.79 Å². The molecule has 0 radical (unpaired) electrons. The van der Waals surface area contributed by atoms with Crippen LogP contribution in [0, 0.1) is 11.8 Å². The molecule has 1 N–H and O–H groups in total. The van der Waals surface area contributed by atoms with E-state index in [2.05, 4.69) is 45.0 Å². The molecule has 21 heavy (non-hydrogen) atoms. The maximum atomic E-state index is 12.5. The SMILES string of the molecule is CC(C)CN(CC(C)C)C(=O)CN(C)C1CCNCC1.Cl. The molecule has 0 aromatic heterocycles. The average Bonchev–Trinajstić information content (AvgIpc) is 2.37. The molecule has 1 fully saturated rings. The molecule has 1 heterocycles. The minimum absolute atomic E-state index is 0. The van der Waals surface area contributed by atoms with E-state index in [-0.39, 0.29) is 18.3 Å². The number of carbonyl (C=O) groups is 1. The second-order valence-electron chi connectivity index (χ2n) is 6.98. The first kappa shape index (κ1) is 20.7. The topological polar surface area (TPSA) is 35.6 Å². The molecule has 0 atom stereocenters. The van der Waals surface area contributed by atoms with Crippen molar-refractivity contribution in [2.45, 2.75) is 46.6 Å². The van der Waals surface area contributed by atoms with Gasteiger partial charge in [-0.05, 0) is 44.8 Å². The summed E-state index contributed by atoms with van der Waals surface area (Å²) in [5.74, 6) is 1.34. The highest BCUT2D eigenvalue weighted by atomic mass is 35.5. The number of nitrogens with zero attached hydrogens (tertiary/aromatic N) is 2. The van der Waals surface area contributed by atoms with E-state index in [1.165, 1.54) is 0 Å². The van der Waals surface area contributed by atoms with Crippen LogP contribution in [0.1, 0.15) is 40.5 Å². The number of hydrogen-bond acceptors (Lipinski definition) is 3. The zero-order valence-corrected chi connectivity index (χ0v) is 15.2. The first-order chi connectivity index (χ1) is 9.40. The van der Waals surface area contributed by atoms with Crippen molar-refractivity contribution in [2.24, 2.45) is 11.8 Å². The molecule has 1 rings (SSSR count). The van der Waals surface area contributed by atoms with E-state index in [4.69, 9.17) is 0 Å². The Kier molecular flexibility index (Phi) is 10.3. The molecular weight excluding hydrogens is 286 g/mol. The molecule has 1 aliphatic heterocycles. The number of nitrogens with one attached hydrogen (secondary N) is 1. The lowest BCUT2D eigenvalue weighted by Crippen LogP contribution is -2.47. The van der Waals surface area contributed by atoms with Gasteiger partial charge in [0.05, 0.1) is 6.54 Å². The van der Waals surface area contributed by atoms with Crippen molar-refractivity contribution >= 4 is 18.3 Å². The van der Waals surface area contributed by atoms with Crippen LogP contribution in [0.2, 0.25) is 0 Å². The molecule has 1 aliphatic rings. The fourth-order valence-electron chi connectivity index (χ4n) is 2.85. The van der Waals surface area contributed by atoms with Crippen LogP contribution in [0.25, 0.3) is 0 Å². The van der Waals surface area contributed by atoms with E-state index < -0.39 is 0 Å². The molecule has 0 saturated carbocycles. The van der Waals surface area contributed by atoms with Gasteiger partial charge in [-0.25, -0.2) is 0 Å². The van der Waals surface area contributed by atoms with Crippen molar-refractivity contribution in [3.63, 3.8) is 0 Å². The van der Waals surface area contributed by atoms with Gasteiger partial charge in [-0.15, -0.1) is 12.4 Å². The van der Waals surface area contributed by atoms with E-state index >= 15 is 0 Å². The van der Waals surface area contributed by atoms with Crippen LogP contribution in [0.3, 0.4) is 0 Å². The Morgan fingerprint density at radius 1 is 1.10 bits per heavy atom. The zero-order valence-electron chi connectivity index (χ0n) is 14.4. The second kappa shape index (κ2) is 10.4. The Bertz CT molecular complexity index is 281. The number of amides is 1. The van der Waals surface area contributed by atoms with Crippen LogP contribution >= 0.6 is 12.4 Å². The minimum atomic E-state index is 0. The third kappa shape index (κ3) is 8.03. The third-order valence-corrected chi connectivity index (χ3v) is 3.84. The largest absolute Gasteiger partial charge is 0.341 e. The number of carbonyl (C=O) groups excluding carboxylic acids is 1. The van der Waals surface area contributed by atoms with Crippen molar-refractivity contribution in [3.05, 3.63) is 0 Å². The Labute approximate surface area is 137 Å². The number of halogens is 1. The smallest absolute Gasteiger partial charge is 0.236 e. The Morgan fingerprint density at radius 2 is 1.57 bits per heavy atom. The summed E-state index contributed by atoms with van der Waals surface area (Å²) < 4.78 is 0. The molecule has 126 valence electrons. The minimum Gasteiger partial charge on any atom is -0.341 e. The second-order valence-corrected chi connectivity index (χ2v) is 6.98. The number of likely N-dealkylation sites (N-methyl/N-ethyl adjacent to an activating group) is 1. The van der Waals surface area contributed by atoms with Gasteiger partial charge >= 0.3 is 0 Å². The predicted octanol–water partition coefficient (Wildman–Crippen LogP) is 2.23. The summed E-state index contributed by atoms with van der Waals surface area (Å²) in [6, 6.07) is 0.556. The lowest BCUT2D eigenvalue weighted by molar-refractivity contribution is -0.133. The molecule has 0 unspecified atom stereocenters. The Morgan fingerprint density at radius 3 is 2.00 bits per heavy atom. The van der Waals surface area contributed by atoms with Crippen molar-refractivity contribution in [1.82, 2.24) is 15.1 Å². The van der Waals surface area contributed by atoms with Crippen LogP contribution in [0.5, 0.6) is 0 Å². The van der Waals surface area contributed by atoms with Gasteiger partial charge in [-0.3, -0.25) is 9.69 Å². The van der Waals surface area contributed by atoms with Gasteiger partial charge in [0, 0.05) is 19.1 Å². The monoisotopic (exact) mass is 319 g/mol. The summed E-state index contributed by atoms with van der Waals surface area (Å²) in [6.45, 7) is 13.2. The highest BCUT2D eigenvalue weighted by Crippen LogP contribution is 2.11. The summed E-state index contributed by atoms with van der Waals surface area (Å²) in [5, 5.41) is 3.38. The average molecular weight is 320 g/mol. The quantitative estimate of drug-likeness (QED) is 0.781. The predicted molar refractivity (Wildman–Crippen MR) is 92.0 cm³/mol. The normalized spacial score (nSPS) is 16.4. The van der Waals surface area contributed by atoms with Gasteiger partial charge < -0.3 is 10.2 Å². The molecule has 1 amide bonds. The molecule has 4 nitrogen and oxygen atoms in total. The maximum absolute atomic E-state index is 12.5. The Balaban J connectivity index is 0.00000400. The zero-order chi connectivity index (χ0) is 15.1. The number of rotatable bonds is 7. The first-order valence-corrected chi connectivity index (χ1v) is 8.08. The van der Waals surface area contributed by atoms with Crippen molar-refractivity contribution in [1.29, 1.82) is 0 Å². The summed E-state index contributed by atoms with van der Waals surface area (Å²) in [5.41, 5.74) is 0. The summed E-state index contributed by atoms with van der Waals surface area (Å²) in [7, 11) is 2.09. The lowest BCUT2D eigenvalue weighted by Gasteiger charge is -2.34. The van der Waals surface area contributed by atoms with Crippen molar-refractivity contribution in [2.75, 3.05) is 39.8 Å². The summed E-state index contributed by atoms with van der Waals surface area (Å²) >= 11 is 0. The fourth-order valence-corrected chi connectivity index (χ4v) is 2.85.